The zero-order chi connectivity index (χ0) is 32.5. The summed E-state index contributed by atoms with van der Waals surface area (Å²) in [4.78, 5) is 53.3. The zero-order valence-corrected chi connectivity index (χ0v) is 27.1. The summed E-state index contributed by atoms with van der Waals surface area (Å²) in [5.41, 5.74) is 21.3. The second-order valence-corrected chi connectivity index (χ2v) is 13.0. The van der Waals surface area contributed by atoms with Gasteiger partial charge in [0.1, 0.15) is 6.10 Å². The molecule has 15 heteroatoms. The van der Waals surface area contributed by atoms with Crippen molar-refractivity contribution in [3.8, 4) is 0 Å². The van der Waals surface area contributed by atoms with Crippen molar-refractivity contribution >= 4 is 72.9 Å². The average Bonchev–Trinajstić information content (AvgIpc) is 3.76. The first-order valence-corrected chi connectivity index (χ1v) is 16.8. The Kier molecular flexibility index (Phi) is 10.9. The molecule has 46 heavy (non-hydrogen) atoms. The van der Waals surface area contributed by atoms with Crippen LogP contribution in [0.15, 0.2) is 70.7 Å². The second kappa shape index (κ2) is 15.4. The lowest BCUT2D eigenvalue weighted by molar-refractivity contribution is -0.152. The molecule has 0 saturated carbocycles. The Hall–Kier alpha value is -4.86. The molecule has 3 heterocycles. The number of rotatable bonds is 14. The third-order valence-electron chi connectivity index (χ3n) is 6.80. The summed E-state index contributed by atoms with van der Waals surface area (Å²) in [6.45, 7) is 0.474. The van der Waals surface area contributed by atoms with Gasteiger partial charge in [-0.1, -0.05) is 42.5 Å². The predicted octanol–water partition coefficient (Wildman–Crippen LogP) is 4.12. The molecule has 1 unspecified atom stereocenters. The van der Waals surface area contributed by atoms with Crippen LogP contribution in [0.2, 0.25) is 0 Å². The van der Waals surface area contributed by atoms with Crippen molar-refractivity contribution in [3.63, 3.8) is 0 Å². The Morgan fingerprint density at radius 2 is 1.33 bits per heavy atom. The van der Waals surface area contributed by atoms with E-state index in [-0.39, 0.29) is 37.6 Å². The number of carbonyl (C=O) groups is 3. The van der Waals surface area contributed by atoms with E-state index in [9.17, 15) is 14.4 Å². The number of esters is 1. The summed E-state index contributed by atoms with van der Waals surface area (Å²) in [5, 5.41) is 9.28. The lowest BCUT2D eigenvalue weighted by Gasteiger charge is -2.28. The van der Waals surface area contributed by atoms with E-state index in [0.717, 1.165) is 11.1 Å². The van der Waals surface area contributed by atoms with Crippen LogP contribution in [0.25, 0.3) is 0 Å². The van der Waals surface area contributed by atoms with Crippen molar-refractivity contribution in [3.05, 3.63) is 98.9 Å². The summed E-state index contributed by atoms with van der Waals surface area (Å²) < 4.78 is 5.94. The number of hydrogen-bond acceptors (Lipinski definition) is 13. The molecular formula is C31H32N8O4S3. The van der Waals surface area contributed by atoms with Crippen LogP contribution in [-0.4, -0.2) is 50.7 Å². The molecule has 2 amide bonds. The standard InChI is InChI=1S/C31H32N8O4S3/c32-29-36-22(16-44-29)12-26(40)35-21-8-6-19(7-9-21)10-11-39(27(41)13-23-17-45-30(33)37-23)15-25(20-4-2-1-3-5-20)43-28(42)14-24-18-46-31(34)38-24/h1-9,16-18,25H,10-15H2,(H2,32,36)(H2,33,37)(H2,34,38)(H,35,40). The van der Waals surface area contributed by atoms with Crippen LogP contribution < -0.4 is 22.5 Å². The van der Waals surface area contributed by atoms with Gasteiger partial charge in [0.2, 0.25) is 11.8 Å². The highest BCUT2D eigenvalue weighted by atomic mass is 32.1. The maximum atomic E-state index is 13.6. The molecule has 3 aromatic heterocycles. The maximum Gasteiger partial charge on any atom is 0.312 e. The van der Waals surface area contributed by atoms with Gasteiger partial charge in [-0.3, -0.25) is 14.4 Å². The van der Waals surface area contributed by atoms with Gasteiger partial charge in [-0.25, -0.2) is 15.0 Å². The Morgan fingerprint density at radius 3 is 1.89 bits per heavy atom. The summed E-state index contributed by atoms with van der Waals surface area (Å²) in [6.07, 6.45) is -0.0621. The van der Waals surface area contributed by atoms with Gasteiger partial charge in [0.05, 0.1) is 42.9 Å². The van der Waals surface area contributed by atoms with Gasteiger partial charge >= 0.3 is 5.97 Å². The molecule has 0 aliphatic carbocycles. The highest BCUT2D eigenvalue weighted by Crippen LogP contribution is 2.23. The number of aromatic nitrogens is 3. The first kappa shape index (κ1) is 32.5. The summed E-state index contributed by atoms with van der Waals surface area (Å²) in [7, 11) is 0. The molecule has 0 aliphatic heterocycles. The lowest BCUT2D eigenvalue weighted by Crippen LogP contribution is -2.38. The Labute approximate surface area is 277 Å². The molecule has 7 N–H and O–H groups in total. The minimum atomic E-state index is -0.722. The summed E-state index contributed by atoms with van der Waals surface area (Å²) >= 11 is 3.81. The van der Waals surface area contributed by atoms with E-state index >= 15 is 0 Å². The molecule has 0 saturated heterocycles. The van der Waals surface area contributed by atoms with E-state index in [2.05, 4.69) is 20.3 Å². The Balaban J connectivity index is 1.27. The molecule has 5 rings (SSSR count). The third kappa shape index (κ3) is 9.57. The molecule has 2 aromatic carbocycles. The monoisotopic (exact) mass is 676 g/mol. The highest BCUT2D eigenvalue weighted by molar-refractivity contribution is 7.14. The van der Waals surface area contributed by atoms with Crippen molar-refractivity contribution in [1.82, 2.24) is 19.9 Å². The summed E-state index contributed by atoms with van der Waals surface area (Å²) in [6, 6.07) is 16.7. The number of nitrogens with one attached hydrogen (secondary N) is 1. The molecule has 0 bridgehead atoms. The first-order valence-electron chi connectivity index (χ1n) is 14.2. The molecular weight excluding hydrogens is 645 g/mol. The molecule has 0 aliphatic rings. The van der Waals surface area contributed by atoms with Crippen LogP contribution >= 0.6 is 34.0 Å². The Morgan fingerprint density at radius 1 is 0.761 bits per heavy atom. The van der Waals surface area contributed by atoms with Crippen molar-refractivity contribution in [2.45, 2.75) is 31.8 Å². The van der Waals surface area contributed by atoms with Crippen LogP contribution in [0.5, 0.6) is 0 Å². The SMILES string of the molecule is Nc1nc(CC(=O)Nc2ccc(CCN(CC(OC(=O)Cc3csc(N)n3)c3ccccc3)C(=O)Cc3csc(N)n3)cc2)cs1. The predicted molar refractivity (Wildman–Crippen MR) is 181 cm³/mol. The lowest BCUT2D eigenvalue weighted by atomic mass is 10.1. The van der Waals surface area contributed by atoms with Gasteiger partial charge < -0.3 is 32.2 Å². The molecule has 238 valence electrons. The number of nitrogens with two attached hydrogens (primary N) is 3. The summed E-state index contributed by atoms with van der Waals surface area (Å²) in [5.74, 6) is -0.854. The molecule has 5 aromatic rings. The number of carbonyl (C=O) groups excluding carboxylic acids is 3. The van der Waals surface area contributed by atoms with Crippen LogP contribution in [0.3, 0.4) is 0 Å². The first-order chi connectivity index (χ1) is 22.2. The van der Waals surface area contributed by atoms with E-state index < -0.39 is 12.1 Å². The number of nitrogen functional groups attached to an aromatic ring is 3. The molecule has 1 atom stereocenters. The van der Waals surface area contributed by atoms with Crippen molar-refractivity contribution in [2.24, 2.45) is 0 Å². The molecule has 0 spiro atoms. The number of amides is 2. The van der Waals surface area contributed by atoms with E-state index in [0.29, 0.717) is 51.1 Å². The number of thiazole rings is 3. The van der Waals surface area contributed by atoms with E-state index in [1.165, 1.54) is 34.0 Å². The fourth-order valence-corrected chi connectivity index (χ4v) is 6.30. The fourth-order valence-electron chi connectivity index (χ4n) is 4.61. The van der Waals surface area contributed by atoms with Gasteiger partial charge in [-0.2, -0.15) is 0 Å². The number of ether oxygens (including phenoxy) is 1. The minimum absolute atomic E-state index is 0.0379. The van der Waals surface area contributed by atoms with Gasteiger partial charge in [0, 0.05) is 28.4 Å². The van der Waals surface area contributed by atoms with Crippen molar-refractivity contribution in [1.29, 1.82) is 0 Å². The van der Waals surface area contributed by atoms with Crippen LogP contribution in [0, 0.1) is 0 Å². The van der Waals surface area contributed by atoms with Crippen LogP contribution in [0.4, 0.5) is 21.1 Å². The second-order valence-electron chi connectivity index (χ2n) is 10.3. The van der Waals surface area contributed by atoms with Crippen LogP contribution in [-0.2, 0) is 44.8 Å². The molecule has 12 nitrogen and oxygen atoms in total. The maximum absolute atomic E-state index is 13.6. The highest BCUT2D eigenvalue weighted by Gasteiger charge is 2.25. The quantitative estimate of drug-likeness (QED) is 0.124. The van der Waals surface area contributed by atoms with Gasteiger partial charge in [0.25, 0.3) is 0 Å². The van der Waals surface area contributed by atoms with Gasteiger partial charge in [0.15, 0.2) is 15.4 Å². The van der Waals surface area contributed by atoms with Gasteiger partial charge in [-0.15, -0.1) is 34.0 Å². The normalized spacial score (nSPS) is 11.6. The number of nitrogens with zero attached hydrogens (tertiary/aromatic N) is 4. The van der Waals surface area contributed by atoms with E-state index in [4.69, 9.17) is 21.9 Å². The number of hydrogen-bond donors (Lipinski definition) is 4. The average molecular weight is 677 g/mol. The van der Waals surface area contributed by atoms with Crippen LogP contribution in [0.1, 0.15) is 34.3 Å². The third-order valence-corrected chi connectivity index (χ3v) is 8.97. The van der Waals surface area contributed by atoms with Gasteiger partial charge in [-0.05, 0) is 29.7 Å². The fraction of sp³-hybridized carbons (Fsp3) is 0.226. The topological polar surface area (TPSA) is 192 Å². The molecule has 0 fully saturated rings. The van der Waals surface area contributed by atoms with Crippen molar-refractivity contribution in [2.75, 3.05) is 35.6 Å². The largest absolute Gasteiger partial charge is 0.455 e. The van der Waals surface area contributed by atoms with E-state index in [1.807, 2.05) is 54.6 Å². The smallest absolute Gasteiger partial charge is 0.312 e. The molecule has 0 radical (unpaired) electrons. The minimum Gasteiger partial charge on any atom is -0.455 e. The zero-order valence-electron chi connectivity index (χ0n) is 24.6. The number of benzene rings is 2. The Bertz CT molecular complexity index is 1770. The number of anilines is 4. The van der Waals surface area contributed by atoms with E-state index in [1.54, 1.807) is 21.0 Å². The van der Waals surface area contributed by atoms with Crippen molar-refractivity contribution < 1.29 is 19.1 Å².